The molecule has 0 aliphatic rings. The molecule has 120 valence electrons. The minimum Gasteiger partial charge on any atom is -0.458 e. The van der Waals surface area contributed by atoms with E-state index in [0.29, 0.717) is 0 Å². The Morgan fingerprint density at radius 1 is 0.727 bits per heavy atom. The van der Waals surface area contributed by atoms with Gasteiger partial charge >= 0.3 is 9.05 Å². The van der Waals surface area contributed by atoms with Crippen molar-refractivity contribution in [1.82, 2.24) is 0 Å². The van der Waals surface area contributed by atoms with Gasteiger partial charge in [-0.25, -0.2) is 0 Å². The van der Waals surface area contributed by atoms with E-state index in [1.54, 1.807) is 0 Å². The third-order valence-electron chi connectivity index (χ3n) is 1.80. The van der Waals surface area contributed by atoms with Crippen LogP contribution in [0.2, 0.25) is 0 Å². The summed E-state index contributed by atoms with van der Waals surface area (Å²) in [6.07, 6.45) is 8.80. The van der Waals surface area contributed by atoms with Crippen molar-refractivity contribution < 1.29 is 17.7 Å². The van der Waals surface area contributed by atoms with E-state index in [-0.39, 0.29) is 17.8 Å². The largest absolute Gasteiger partial charge is 0.992 e. The zero-order valence-electron chi connectivity index (χ0n) is 14.1. The summed E-state index contributed by atoms with van der Waals surface area (Å²) in [7, 11) is -3.63. The van der Waals surface area contributed by atoms with Crippen molar-refractivity contribution >= 4 is 9.05 Å². The molecule has 4 nitrogen and oxygen atoms in total. The highest BCUT2D eigenvalue weighted by Gasteiger charge is 2.57. The van der Waals surface area contributed by atoms with Crippen LogP contribution in [0.4, 0.5) is 0 Å². The van der Waals surface area contributed by atoms with E-state index in [4.69, 9.17) is 17.7 Å². The normalized spacial score (nSPS) is 9.68. The first-order valence-electron chi connectivity index (χ1n) is 7.15. The summed E-state index contributed by atoms with van der Waals surface area (Å²) in [4.78, 5) is 0. The summed E-state index contributed by atoms with van der Waals surface area (Å²) in [6, 6.07) is 0. The first-order chi connectivity index (χ1) is 10.3. The molecule has 0 spiro atoms. The Labute approximate surface area is 135 Å². The summed E-state index contributed by atoms with van der Waals surface area (Å²) in [6.45, 7) is 15.1. The monoisotopic (exact) mass is 320 g/mol. The Morgan fingerprint density at radius 3 is 1.27 bits per heavy atom. The number of rotatable bonds is 5. The molecule has 0 saturated carbocycles. The molecule has 0 fully saturated rings. The van der Waals surface area contributed by atoms with Crippen LogP contribution in [0.25, 0.3) is 0 Å². The van der Waals surface area contributed by atoms with E-state index in [9.17, 15) is 0 Å². The molecule has 0 aliphatic carbocycles. The first-order valence-corrected chi connectivity index (χ1v) is 8.79. The van der Waals surface area contributed by atoms with Crippen LogP contribution in [0.15, 0.2) is 12.8 Å². The maximum absolute atomic E-state index is 5.38. The molecule has 0 saturated heterocycles. The highest BCUT2D eigenvalue weighted by Crippen LogP contribution is 2.11. The summed E-state index contributed by atoms with van der Waals surface area (Å²) in [5.74, 6) is 8.96. The maximum atomic E-state index is 5.38. The third-order valence-corrected chi connectivity index (χ3v) is 3.31. The fourth-order valence-corrected chi connectivity index (χ4v) is 1.89. The van der Waals surface area contributed by atoms with Gasteiger partial charge in [0.05, 0.1) is 6.26 Å². The molecule has 0 radical (unpaired) electrons. The number of hydrogen-bond donors (Lipinski definition) is 0. The van der Waals surface area contributed by atoms with Gasteiger partial charge in [0.2, 0.25) is 0 Å². The Bertz CT molecular complexity index is 449. The first kappa shape index (κ1) is 19.8. The van der Waals surface area contributed by atoms with Crippen LogP contribution in [-0.2, 0) is 17.7 Å². The summed E-state index contributed by atoms with van der Waals surface area (Å²) in [5, 5.41) is 0. The van der Waals surface area contributed by atoms with Crippen molar-refractivity contribution in [2.24, 2.45) is 17.8 Å². The molecule has 0 aromatic heterocycles. The molecule has 0 atom stereocenters. The summed E-state index contributed by atoms with van der Waals surface area (Å²) in [5.41, 5.74) is 0. The minimum absolute atomic E-state index is 0.138. The van der Waals surface area contributed by atoms with Crippen LogP contribution in [-0.4, -0.2) is 9.05 Å². The van der Waals surface area contributed by atoms with Gasteiger partial charge in [0, 0.05) is 17.8 Å². The molecule has 0 aromatic rings. The van der Waals surface area contributed by atoms with E-state index in [1.165, 1.54) is 6.26 Å². The van der Waals surface area contributed by atoms with Crippen molar-refractivity contribution in [2.75, 3.05) is 0 Å². The van der Waals surface area contributed by atoms with Crippen molar-refractivity contribution in [3.05, 3.63) is 12.8 Å². The Morgan fingerprint density at radius 2 is 1.05 bits per heavy atom. The van der Waals surface area contributed by atoms with Crippen LogP contribution >= 0.6 is 0 Å². The van der Waals surface area contributed by atoms with Gasteiger partial charge in [-0.1, -0.05) is 65.9 Å². The van der Waals surface area contributed by atoms with Crippen LogP contribution in [0, 0.1) is 53.8 Å². The van der Waals surface area contributed by atoms with E-state index in [2.05, 4.69) is 42.7 Å². The van der Waals surface area contributed by atoms with Gasteiger partial charge in [0.15, 0.2) is 0 Å². The highest BCUT2D eigenvalue weighted by atomic mass is 28.4. The predicted molar refractivity (Wildman–Crippen MR) is 88.1 cm³/mol. The van der Waals surface area contributed by atoms with Gasteiger partial charge in [0.25, 0.3) is 0 Å². The fraction of sp³-hybridized carbons (Fsp3) is 0.529. The van der Waals surface area contributed by atoms with E-state index >= 15 is 0 Å². The van der Waals surface area contributed by atoms with E-state index in [0.717, 1.165) is 0 Å². The fourth-order valence-electron chi connectivity index (χ4n) is 0.866. The molecule has 0 rings (SSSR count). The second-order valence-electron chi connectivity index (χ2n) is 5.29. The Balaban J connectivity index is 5.27. The molecular formula is C17H24O4Si. The molecule has 0 unspecified atom stereocenters. The van der Waals surface area contributed by atoms with Gasteiger partial charge in [0.1, 0.15) is 18.3 Å². The lowest BCUT2D eigenvalue weighted by Gasteiger charge is -2.17. The third kappa shape index (κ3) is 9.70. The van der Waals surface area contributed by atoms with Gasteiger partial charge in [-0.2, -0.15) is 0 Å². The summed E-state index contributed by atoms with van der Waals surface area (Å²) < 4.78 is 21.4. The second kappa shape index (κ2) is 10.5. The smallest absolute Gasteiger partial charge is 0.458 e. The lowest BCUT2D eigenvalue weighted by Crippen LogP contribution is -2.44. The van der Waals surface area contributed by atoms with Crippen molar-refractivity contribution in [2.45, 2.75) is 41.5 Å². The minimum atomic E-state index is -3.63. The lowest BCUT2D eigenvalue weighted by atomic mass is 10.2. The molecule has 22 heavy (non-hydrogen) atoms. The predicted octanol–water partition coefficient (Wildman–Crippen LogP) is 3.48. The second-order valence-corrected chi connectivity index (χ2v) is 7.14. The lowest BCUT2D eigenvalue weighted by molar-refractivity contribution is 0.0993. The molecule has 0 aliphatic heterocycles. The van der Waals surface area contributed by atoms with Crippen LogP contribution in [0.3, 0.4) is 0 Å². The van der Waals surface area contributed by atoms with E-state index < -0.39 is 9.05 Å². The average molecular weight is 320 g/mol. The zero-order valence-corrected chi connectivity index (χ0v) is 15.1. The van der Waals surface area contributed by atoms with Crippen molar-refractivity contribution in [3.8, 4) is 36.1 Å². The highest BCUT2D eigenvalue weighted by molar-refractivity contribution is 6.54. The van der Waals surface area contributed by atoms with Crippen molar-refractivity contribution in [3.63, 3.8) is 0 Å². The Hall–Kier alpha value is -2.16. The van der Waals surface area contributed by atoms with E-state index in [1.807, 2.05) is 41.5 Å². The van der Waals surface area contributed by atoms with Gasteiger partial charge in [-0.05, 0) is 0 Å². The van der Waals surface area contributed by atoms with Gasteiger partial charge in [-0.15, -0.1) is 0 Å². The SMILES string of the molecule is C=CO[Si](OC#CC(C)C)(OC#CC(C)C)OC#CC(C)C. The average Bonchev–Trinajstić information content (AvgIpc) is 2.37. The van der Waals surface area contributed by atoms with Crippen LogP contribution in [0.1, 0.15) is 41.5 Å². The van der Waals surface area contributed by atoms with Crippen molar-refractivity contribution in [1.29, 1.82) is 0 Å². The molecule has 0 bridgehead atoms. The topological polar surface area (TPSA) is 36.9 Å². The molecule has 0 aromatic carbocycles. The van der Waals surface area contributed by atoms with Gasteiger partial charge < -0.3 is 17.7 Å². The van der Waals surface area contributed by atoms with Crippen LogP contribution in [0.5, 0.6) is 0 Å². The summed E-state index contributed by atoms with van der Waals surface area (Å²) >= 11 is 0. The quantitative estimate of drug-likeness (QED) is 0.441. The maximum Gasteiger partial charge on any atom is 0.992 e. The standard InChI is InChI=1S/C17H24O4Si/c1-8-18-22(19-12-9-15(2)3,20-13-10-16(4)5)21-14-11-17(6)7/h8,15-17H,1H2,2-7H3. The Kier molecular flexibility index (Phi) is 9.51. The molecule has 0 heterocycles. The zero-order chi connectivity index (χ0) is 17.0. The molecule has 0 N–H and O–H groups in total. The van der Waals surface area contributed by atoms with Crippen LogP contribution < -0.4 is 0 Å². The van der Waals surface area contributed by atoms with Gasteiger partial charge in [-0.3, -0.25) is 0 Å². The molecule has 5 heteroatoms. The molecular weight excluding hydrogens is 296 g/mol. The number of hydrogen-bond acceptors (Lipinski definition) is 4. The molecule has 0 amide bonds.